The normalized spacial score (nSPS) is 10.7. The van der Waals surface area contributed by atoms with Crippen LogP contribution in [0, 0.1) is 0 Å². The zero-order valence-corrected chi connectivity index (χ0v) is 8.47. The Kier molecular flexibility index (Phi) is 4.36. The van der Waals surface area contributed by atoms with E-state index >= 15 is 0 Å². The van der Waals surface area contributed by atoms with Crippen molar-refractivity contribution in [3.8, 4) is 11.5 Å². The molecule has 0 spiro atoms. The minimum atomic E-state index is -1.36. The number of rotatable bonds is 5. The van der Waals surface area contributed by atoms with Gasteiger partial charge in [-0.1, -0.05) is 6.07 Å². The first-order valence-corrected chi connectivity index (χ1v) is 4.56. The van der Waals surface area contributed by atoms with E-state index in [0.29, 0.717) is 12.3 Å². The molecule has 0 unspecified atom stereocenters. The number of methoxy groups -OCH3 is 1. The molecule has 0 atom stereocenters. The molecule has 0 aliphatic carbocycles. The minimum absolute atomic E-state index is 0.0707. The van der Waals surface area contributed by atoms with Gasteiger partial charge in [-0.25, -0.2) is 0 Å². The Morgan fingerprint density at radius 3 is 2.67 bits per heavy atom. The molecular weight excluding hydrogens is 198 g/mol. The highest BCUT2D eigenvalue weighted by atomic mass is 16.5. The fourth-order valence-electron chi connectivity index (χ4n) is 1.19. The number of aliphatic hydroxyl groups is 2. The van der Waals surface area contributed by atoms with Crippen LogP contribution in [0.5, 0.6) is 11.5 Å². The minimum Gasteiger partial charge on any atom is -0.504 e. The van der Waals surface area contributed by atoms with Gasteiger partial charge in [-0.2, -0.15) is 0 Å². The van der Waals surface area contributed by atoms with Crippen molar-refractivity contribution in [2.75, 3.05) is 13.7 Å². The molecule has 1 aromatic carbocycles. The van der Waals surface area contributed by atoms with Crippen molar-refractivity contribution in [2.45, 2.75) is 12.8 Å². The van der Waals surface area contributed by atoms with Gasteiger partial charge in [0.2, 0.25) is 0 Å². The standard InChI is InChI=1S/C10H15NO4/c1-15-9-3-2-7(4-8(9)12)5-11-6-10(13)14/h2-4,10-14H,5-6H2,1H3. The molecule has 1 rings (SSSR count). The molecule has 15 heavy (non-hydrogen) atoms. The van der Waals surface area contributed by atoms with E-state index < -0.39 is 6.29 Å². The quantitative estimate of drug-likeness (QED) is 0.509. The van der Waals surface area contributed by atoms with Gasteiger partial charge in [0.25, 0.3) is 0 Å². The number of aliphatic hydroxyl groups excluding tert-OH is 1. The van der Waals surface area contributed by atoms with Crippen molar-refractivity contribution >= 4 is 0 Å². The van der Waals surface area contributed by atoms with Gasteiger partial charge in [-0.05, 0) is 17.7 Å². The molecule has 0 heterocycles. The van der Waals surface area contributed by atoms with E-state index in [2.05, 4.69) is 5.32 Å². The first-order valence-electron chi connectivity index (χ1n) is 4.56. The largest absolute Gasteiger partial charge is 0.504 e. The van der Waals surface area contributed by atoms with Crippen LogP contribution in [-0.2, 0) is 6.54 Å². The van der Waals surface area contributed by atoms with Crippen LogP contribution in [0.15, 0.2) is 18.2 Å². The summed E-state index contributed by atoms with van der Waals surface area (Å²) in [4.78, 5) is 0. The molecule has 4 N–H and O–H groups in total. The second-order valence-corrected chi connectivity index (χ2v) is 3.12. The van der Waals surface area contributed by atoms with Crippen molar-refractivity contribution in [1.29, 1.82) is 0 Å². The van der Waals surface area contributed by atoms with Crippen molar-refractivity contribution in [3.63, 3.8) is 0 Å². The van der Waals surface area contributed by atoms with Crippen LogP contribution in [-0.4, -0.2) is 35.3 Å². The third-order valence-electron chi connectivity index (χ3n) is 1.90. The van der Waals surface area contributed by atoms with Crippen LogP contribution in [0.3, 0.4) is 0 Å². The van der Waals surface area contributed by atoms with Crippen LogP contribution in [0.2, 0.25) is 0 Å². The zero-order chi connectivity index (χ0) is 11.3. The summed E-state index contributed by atoms with van der Waals surface area (Å²) in [6.07, 6.45) is -1.36. The maximum absolute atomic E-state index is 9.45. The number of nitrogens with one attached hydrogen (secondary N) is 1. The molecule has 0 amide bonds. The maximum Gasteiger partial charge on any atom is 0.164 e. The van der Waals surface area contributed by atoms with E-state index in [-0.39, 0.29) is 12.3 Å². The van der Waals surface area contributed by atoms with E-state index in [1.54, 1.807) is 18.2 Å². The molecule has 0 radical (unpaired) electrons. The second-order valence-electron chi connectivity index (χ2n) is 3.12. The van der Waals surface area contributed by atoms with Gasteiger partial charge in [0.15, 0.2) is 17.8 Å². The summed E-state index contributed by atoms with van der Waals surface area (Å²) in [7, 11) is 1.48. The smallest absolute Gasteiger partial charge is 0.164 e. The highest BCUT2D eigenvalue weighted by molar-refractivity contribution is 5.41. The fourth-order valence-corrected chi connectivity index (χ4v) is 1.19. The first kappa shape index (κ1) is 11.8. The summed E-state index contributed by atoms with van der Waals surface area (Å²) in [5.74, 6) is 0.488. The zero-order valence-electron chi connectivity index (χ0n) is 8.47. The highest BCUT2D eigenvalue weighted by Crippen LogP contribution is 2.25. The van der Waals surface area contributed by atoms with E-state index in [1.807, 2.05) is 0 Å². The molecule has 0 aliphatic rings. The summed E-state index contributed by atoms with van der Waals surface area (Å²) < 4.78 is 4.89. The Labute approximate surface area is 87.9 Å². The molecule has 0 fully saturated rings. The summed E-state index contributed by atoms with van der Waals surface area (Å²) in [6, 6.07) is 5.01. The van der Waals surface area contributed by atoms with Gasteiger partial charge in [-0.3, -0.25) is 0 Å². The third kappa shape index (κ3) is 3.75. The molecule has 0 bridgehead atoms. The predicted octanol–water partition coefficient (Wildman–Crippen LogP) is -0.199. The van der Waals surface area contributed by atoms with Crippen LogP contribution in [0.4, 0.5) is 0 Å². The lowest BCUT2D eigenvalue weighted by Gasteiger charge is -2.08. The van der Waals surface area contributed by atoms with Crippen molar-refractivity contribution in [2.24, 2.45) is 0 Å². The second kappa shape index (κ2) is 5.55. The average Bonchev–Trinajstić information content (AvgIpc) is 2.17. The molecule has 0 saturated carbocycles. The number of hydrogen-bond acceptors (Lipinski definition) is 5. The molecular formula is C10H15NO4. The Hall–Kier alpha value is -1.30. The average molecular weight is 213 g/mol. The van der Waals surface area contributed by atoms with Crippen LogP contribution >= 0.6 is 0 Å². The number of phenols is 1. The van der Waals surface area contributed by atoms with Gasteiger partial charge in [0.05, 0.1) is 7.11 Å². The summed E-state index contributed by atoms with van der Waals surface area (Å²) >= 11 is 0. The Morgan fingerprint density at radius 1 is 1.40 bits per heavy atom. The topological polar surface area (TPSA) is 82.0 Å². The Morgan fingerprint density at radius 2 is 2.13 bits per heavy atom. The monoisotopic (exact) mass is 213 g/mol. The summed E-state index contributed by atoms with van der Waals surface area (Å²) in [5.41, 5.74) is 0.842. The highest BCUT2D eigenvalue weighted by Gasteiger charge is 2.02. The van der Waals surface area contributed by atoms with Crippen molar-refractivity contribution < 1.29 is 20.1 Å². The number of phenolic OH excluding ortho intramolecular Hbond substituents is 1. The van der Waals surface area contributed by atoms with Gasteiger partial charge >= 0.3 is 0 Å². The predicted molar refractivity (Wildman–Crippen MR) is 54.6 cm³/mol. The summed E-state index contributed by atoms with van der Waals surface area (Å²) in [6.45, 7) is 0.544. The molecule has 5 heteroatoms. The maximum atomic E-state index is 9.45. The van der Waals surface area contributed by atoms with Crippen LogP contribution in [0.25, 0.3) is 0 Å². The van der Waals surface area contributed by atoms with Crippen molar-refractivity contribution in [1.82, 2.24) is 5.32 Å². The van der Waals surface area contributed by atoms with Crippen LogP contribution < -0.4 is 10.1 Å². The molecule has 1 aromatic rings. The molecule has 0 aromatic heterocycles. The van der Waals surface area contributed by atoms with Gasteiger partial charge in [-0.15, -0.1) is 0 Å². The van der Waals surface area contributed by atoms with E-state index in [0.717, 1.165) is 5.56 Å². The molecule has 5 nitrogen and oxygen atoms in total. The molecule has 84 valence electrons. The number of hydrogen-bond donors (Lipinski definition) is 4. The lowest BCUT2D eigenvalue weighted by molar-refractivity contribution is -0.0373. The fraction of sp³-hybridized carbons (Fsp3) is 0.400. The lowest BCUT2D eigenvalue weighted by atomic mass is 10.2. The summed E-state index contributed by atoms with van der Waals surface area (Å²) in [5, 5.41) is 29.4. The number of ether oxygens (including phenoxy) is 1. The van der Waals surface area contributed by atoms with Gasteiger partial charge in [0, 0.05) is 13.1 Å². The van der Waals surface area contributed by atoms with E-state index in [9.17, 15) is 5.11 Å². The van der Waals surface area contributed by atoms with Gasteiger partial charge in [0.1, 0.15) is 0 Å². The first-order chi connectivity index (χ1) is 7.13. The van der Waals surface area contributed by atoms with Gasteiger partial charge < -0.3 is 25.4 Å². The van der Waals surface area contributed by atoms with Crippen molar-refractivity contribution in [3.05, 3.63) is 23.8 Å². The lowest BCUT2D eigenvalue weighted by Crippen LogP contribution is -2.25. The molecule has 0 aliphatic heterocycles. The Bertz CT molecular complexity index is 314. The van der Waals surface area contributed by atoms with E-state index in [4.69, 9.17) is 14.9 Å². The van der Waals surface area contributed by atoms with E-state index in [1.165, 1.54) is 7.11 Å². The Balaban J connectivity index is 2.52. The third-order valence-corrected chi connectivity index (χ3v) is 1.90. The number of aromatic hydroxyl groups is 1. The van der Waals surface area contributed by atoms with Crippen LogP contribution in [0.1, 0.15) is 5.56 Å². The molecule has 0 saturated heterocycles. The SMILES string of the molecule is COc1ccc(CNCC(O)O)cc1O. The number of benzene rings is 1.